The molecular weight excluding hydrogens is 288 g/mol. The van der Waals surface area contributed by atoms with Crippen molar-refractivity contribution < 1.29 is 14.6 Å². The van der Waals surface area contributed by atoms with Crippen LogP contribution in [0.25, 0.3) is 16.8 Å². The Morgan fingerprint density at radius 2 is 1.78 bits per heavy atom. The molecule has 0 bridgehead atoms. The molecule has 0 aliphatic rings. The molecule has 3 heteroatoms. The van der Waals surface area contributed by atoms with Crippen LogP contribution < -0.4 is 4.74 Å². The summed E-state index contributed by atoms with van der Waals surface area (Å²) in [4.78, 5) is 12.3. The predicted molar refractivity (Wildman–Crippen MR) is 92.0 cm³/mol. The summed E-state index contributed by atoms with van der Waals surface area (Å²) in [7, 11) is 1.63. The van der Waals surface area contributed by atoms with Gasteiger partial charge in [-0.25, -0.2) is 0 Å². The van der Waals surface area contributed by atoms with Crippen molar-refractivity contribution in [3.05, 3.63) is 77.9 Å². The molecule has 0 aliphatic heterocycles. The van der Waals surface area contributed by atoms with E-state index >= 15 is 0 Å². The summed E-state index contributed by atoms with van der Waals surface area (Å²) in [6.45, 7) is 0. The second-order valence-electron chi connectivity index (χ2n) is 5.22. The fourth-order valence-electron chi connectivity index (χ4n) is 2.40. The van der Waals surface area contributed by atoms with Gasteiger partial charge in [-0.05, 0) is 52.7 Å². The Labute approximate surface area is 134 Å². The number of methoxy groups -OCH3 is 1. The van der Waals surface area contributed by atoms with Crippen molar-refractivity contribution in [2.24, 2.45) is 0 Å². The van der Waals surface area contributed by atoms with Crippen molar-refractivity contribution in [2.45, 2.75) is 0 Å². The van der Waals surface area contributed by atoms with Crippen LogP contribution in [0.5, 0.6) is 11.5 Å². The van der Waals surface area contributed by atoms with Gasteiger partial charge in [0.15, 0.2) is 5.78 Å². The molecule has 0 amide bonds. The highest BCUT2D eigenvalue weighted by Crippen LogP contribution is 2.22. The van der Waals surface area contributed by atoms with E-state index in [9.17, 15) is 9.90 Å². The van der Waals surface area contributed by atoms with Crippen LogP contribution >= 0.6 is 0 Å². The normalized spacial score (nSPS) is 11.0. The van der Waals surface area contributed by atoms with E-state index in [-0.39, 0.29) is 11.5 Å². The maximum absolute atomic E-state index is 12.3. The average molecular weight is 304 g/mol. The van der Waals surface area contributed by atoms with Crippen LogP contribution in [0, 0.1) is 0 Å². The van der Waals surface area contributed by atoms with Crippen LogP contribution in [0.4, 0.5) is 0 Å². The van der Waals surface area contributed by atoms with Crippen LogP contribution in [-0.4, -0.2) is 18.0 Å². The minimum atomic E-state index is -0.0777. The van der Waals surface area contributed by atoms with Gasteiger partial charge in [0.05, 0.1) is 7.11 Å². The summed E-state index contributed by atoms with van der Waals surface area (Å²) in [5.41, 5.74) is 1.41. The first kappa shape index (κ1) is 14.9. The fraction of sp³-hybridized carbons (Fsp3) is 0.0500. The number of fused-ring (bicyclic) bond motifs is 1. The monoisotopic (exact) mass is 304 g/mol. The standard InChI is InChI=1S/C20H16O3/c1-23-19-9-8-15-12-17(7-6-16(15)13-19)20(22)10-5-14-3-2-4-18(21)11-14/h2-13,21H,1H3/b10-5+. The molecule has 114 valence electrons. The number of rotatable bonds is 4. The molecule has 0 fully saturated rings. The topological polar surface area (TPSA) is 46.5 Å². The number of hydrogen-bond acceptors (Lipinski definition) is 3. The number of carbonyl (C=O) groups excluding carboxylic acids is 1. The summed E-state index contributed by atoms with van der Waals surface area (Å²) in [6, 6.07) is 18.1. The minimum Gasteiger partial charge on any atom is -0.508 e. The summed E-state index contributed by atoms with van der Waals surface area (Å²) in [6.07, 6.45) is 3.21. The Morgan fingerprint density at radius 1 is 1.00 bits per heavy atom. The quantitative estimate of drug-likeness (QED) is 0.572. The zero-order chi connectivity index (χ0) is 16.2. The van der Waals surface area contributed by atoms with E-state index in [0.717, 1.165) is 22.1 Å². The molecule has 3 rings (SSSR count). The molecule has 3 aromatic rings. The molecule has 0 aliphatic carbocycles. The zero-order valence-electron chi connectivity index (χ0n) is 12.7. The van der Waals surface area contributed by atoms with Gasteiger partial charge in [0.1, 0.15) is 11.5 Å². The number of phenolic OH excluding ortho intramolecular Hbond substituents is 1. The Morgan fingerprint density at radius 3 is 2.57 bits per heavy atom. The van der Waals surface area contributed by atoms with Gasteiger partial charge in [-0.1, -0.05) is 36.4 Å². The highest BCUT2D eigenvalue weighted by Gasteiger charge is 2.04. The van der Waals surface area contributed by atoms with Crippen molar-refractivity contribution >= 4 is 22.6 Å². The molecule has 3 nitrogen and oxygen atoms in total. The van der Waals surface area contributed by atoms with Crippen molar-refractivity contribution in [3.8, 4) is 11.5 Å². The lowest BCUT2D eigenvalue weighted by Crippen LogP contribution is -1.94. The molecule has 0 heterocycles. The number of allylic oxidation sites excluding steroid dienone is 1. The highest BCUT2D eigenvalue weighted by molar-refractivity contribution is 6.08. The average Bonchev–Trinajstić information content (AvgIpc) is 2.58. The van der Waals surface area contributed by atoms with E-state index in [4.69, 9.17) is 4.74 Å². The predicted octanol–water partition coefficient (Wildman–Crippen LogP) is 4.45. The number of carbonyl (C=O) groups is 1. The summed E-state index contributed by atoms with van der Waals surface area (Å²) >= 11 is 0. The van der Waals surface area contributed by atoms with Crippen LogP contribution in [0.15, 0.2) is 66.7 Å². The third kappa shape index (κ3) is 3.40. The van der Waals surface area contributed by atoms with E-state index in [1.54, 1.807) is 37.5 Å². The molecule has 0 aromatic heterocycles. The van der Waals surface area contributed by atoms with Crippen LogP contribution in [0.3, 0.4) is 0 Å². The Bertz CT molecular complexity index is 894. The first-order valence-corrected chi connectivity index (χ1v) is 7.25. The van der Waals surface area contributed by atoms with E-state index < -0.39 is 0 Å². The summed E-state index contributed by atoms with van der Waals surface area (Å²) in [5, 5.41) is 11.4. The molecule has 23 heavy (non-hydrogen) atoms. The van der Waals surface area contributed by atoms with E-state index in [1.807, 2.05) is 36.4 Å². The zero-order valence-corrected chi connectivity index (χ0v) is 12.7. The van der Waals surface area contributed by atoms with Crippen molar-refractivity contribution in [1.82, 2.24) is 0 Å². The molecule has 0 radical (unpaired) electrons. The third-order valence-electron chi connectivity index (χ3n) is 3.63. The molecule has 3 aromatic carbocycles. The number of hydrogen-bond donors (Lipinski definition) is 1. The third-order valence-corrected chi connectivity index (χ3v) is 3.63. The van der Waals surface area contributed by atoms with Gasteiger partial charge in [-0.3, -0.25) is 4.79 Å². The van der Waals surface area contributed by atoms with Crippen LogP contribution in [0.2, 0.25) is 0 Å². The van der Waals surface area contributed by atoms with Gasteiger partial charge in [0.25, 0.3) is 0 Å². The molecular formula is C20H16O3. The molecule has 0 atom stereocenters. The van der Waals surface area contributed by atoms with Crippen molar-refractivity contribution in [3.63, 3.8) is 0 Å². The lowest BCUT2D eigenvalue weighted by Gasteiger charge is -2.04. The second-order valence-corrected chi connectivity index (χ2v) is 5.22. The minimum absolute atomic E-state index is 0.0777. The largest absolute Gasteiger partial charge is 0.508 e. The second kappa shape index (κ2) is 6.36. The van der Waals surface area contributed by atoms with Crippen LogP contribution in [-0.2, 0) is 0 Å². The van der Waals surface area contributed by atoms with Gasteiger partial charge in [0.2, 0.25) is 0 Å². The molecule has 0 spiro atoms. The highest BCUT2D eigenvalue weighted by atomic mass is 16.5. The summed E-state index contributed by atoms with van der Waals surface area (Å²) < 4.78 is 5.20. The Hall–Kier alpha value is -3.07. The van der Waals surface area contributed by atoms with Gasteiger partial charge < -0.3 is 9.84 Å². The number of aromatic hydroxyl groups is 1. The van der Waals surface area contributed by atoms with E-state index in [1.165, 1.54) is 6.08 Å². The van der Waals surface area contributed by atoms with Crippen molar-refractivity contribution in [1.29, 1.82) is 0 Å². The van der Waals surface area contributed by atoms with Gasteiger partial charge in [0, 0.05) is 5.56 Å². The fourth-order valence-corrected chi connectivity index (χ4v) is 2.40. The molecule has 0 saturated heterocycles. The molecule has 1 N–H and O–H groups in total. The number of phenols is 1. The Kier molecular flexibility index (Phi) is 4.11. The summed E-state index contributed by atoms with van der Waals surface area (Å²) in [5.74, 6) is 0.894. The lowest BCUT2D eigenvalue weighted by atomic mass is 10.0. The molecule has 0 saturated carbocycles. The van der Waals surface area contributed by atoms with Crippen molar-refractivity contribution in [2.75, 3.05) is 7.11 Å². The maximum Gasteiger partial charge on any atom is 0.185 e. The SMILES string of the molecule is COc1ccc2cc(C(=O)/C=C/c3cccc(O)c3)ccc2c1. The van der Waals surface area contributed by atoms with E-state index in [0.29, 0.717) is 5.56 Å². The smallest absolute Gasteiger partial charge is 0.185 e. The molecule has 0 unspecified atom stereocenters. The first-order chi connectivity index (χ1) is 11.2. The number of ketones is 1. The maximum atomic E-state index is 12.3. The number of benzene rings is 3. The van der Waals surface area contributed by atoms with Gasteiger partial charge >= 0.3 is 0 Å². The van der Waals surface area contributed by atoms with Crippen LogP contribution in [0.1, 0.15) is 15.9 Å². The van der Waals surface area contributed by atoms with Gasteiger partial charge in [-0.15, -0.1) is 0 Å². The van der Waals surface area contributed by atoms with E-state index in [2.05, 4.69) is 0 Å². The Balaban J connectivity index is 1.86. The van der Waals surface area contributed by atoms with Gasteiger partial charge in [-0.2, -0.15) is 0 Å². The lowest BCUT2D eigenvalue weighted by molar-refractivity contribution is 0.104. The first-order valence-electron chi connectivity index (χ1n) is 7.25. The number of ether oxygens (including phenoxy) is 1.